The van der Waals surface area contributed by atoms with Gasteiger partial charge in [-0.15, -0.1) is 23.5 Å². The van der Waals surface area contributed by atoms with Crippen LogP contribution in [0.15, 0.2) is 88.4 Å². The van der Waals surface area contributed by atoms with Crippen molar-refractivity contribution in [3.05, 3.63) is 106 Å². The van der Waals surface area contributed by atoms with Crippen molar-refractivity contribution in [1.29, 1.82) is 0 Å². The van der Waals surface area contributed by atoms with Crippen LogP contribution in [0.2, 0.25) is 0 Å². The van der Waals surface area contributed by atoms with Crippen molar-refractivity contribution in [3.8, 4) is 0 Å². The summed E-state index contributed by atoms with van der Waals surface area (Å²) in [4.78, 5) is 14.3. The number of benzene rings is 3. The molecule has 2 atom stereocenters. The average Bonchev–Trinajstić information content (AvgIpc) is 3.63. The molecule has 1 saturated heterocycles. The third-order valence-corrected chi connectivity index (χ3v) is 9.44. The third-order valence-electron chi connectivity index (χ3n) is 7.26. The maximum atomic E-state index is 11.8. The number of nitro groups is 1. The van der Waals surface area contributed by atoms with E-state index >= 15 is 0 Å². The molecule has 5 rings (SSSR count). The van der Waals surface area contributed by atoms with Gasteiger partial charge in [0.05, 0.1) is 27.9 Å². The molecule has 2 unspecified atom stereocenters. The maximum Gasteiger partial charge on any atom is 0.283 e. The molecule has 1 fully saturated rings. The topological polar surface area (TPSA) is 91.8 Å². The molecule has 7 nitrogen and oxygen atoms in total. The zero-order valence-electron chi connectivity index (χ0n) is 22.8. The Bertz CT molecular complexity index is 1440. The highest BCUT2D eigenvalue weighted by Gasteiger charge is 2.32. The van der Waals surface area contributed by atoms with Crippen LogP contribution in [0.3, 0.4) is 0 Å². The van der Waals surface area contributed by atoms with Gasteiger partial charge in [0.1, 0.15) is 5.76 Å². The van der Waals surface area contributed by atoms with Crippen molar-refractivity contribution in [2.45, 2.75) is 55.1 Å². The van der Waals surface area contributed by atoms with E-state index in [2.05, 4.69) is 66.5 Å². The summed E-state index contributed by atoms with van der Waals surface area (Å²) in [5.41, 5.74) is 2.05. The van der Waals surface area contributed by atoms with Crippen molar-refractivity contribution in [1.82, 2.24) is 10.2 Å². The van der Waals surface area contributed by atoms with E-state index < -0.39 is 6.10 Å². The molecule has 3 aromatic carbocycles. The lowest BCUT2D eigenvalue weighted by molar-refractivity contribution is -0.387. The van der Waals surface area contributed by atoms with E-state index in [0.717, 1.165) is 29.4 Å². The minimum absolute atomic E-state index is 0.0268. The predicted octanol–water partition coefficient (Wildman–Crippen LogP) is 6.48. The number of hydrogen-bond acceptors (Lipinski definition) is 8. The Labute approximate surface area is 243 Å². The number of nitro benzene ring substituents is 1. The van der Waals surface area contributed by atoms with Crippen molar-refractivity contribution >= 4 is 40.0 Å². The van der Waals surface area contributed by atoms with Crippen LogP contribution in [-0.4, -0.2) is 50.8 Å². The van der Waals surface area contributed by atoms with E-state index in [9.17, 15) is 15.2 Å². The van der Waals surface area contributed by atoms with Gasteiger partial charge < -0.3 is 14.8 Å². The fourth-order valence-corrected chi connectivity index (χ4v) is 7.36. The molecule has 40 heavy (non-hydrogen) atoms. The highest BCUT2D eigenvalue weighted by molar-refractivity contribution is 7.99. The van der Waals surface area contributed by atoms with Gasteiger partial charge in [0.25, 0.3) is 5.69 Å². The van der Waals surface area contributed by atoms with E-state index in [-0.39, 0.29) is 22.2 Å². The Morgan fingerprint density at radius 1 is 1.12 bits per heavy atom. The minimum atomic E-state index is -0.552. The summed E-state index contributed by atoms with van der Waals surface area (Å²) in [5, 5.41) is 29.1. The normalized spacial score (nSPS) is 16.9. The minimum Gasteiger partial charge on any atom is -0.468 e. The van der Waals surface area contributed by atoms with E-state index in [1.54, 1.807) is 24.1 Å². The number of thioether (sulfide) groups is 2. The number of aliphatic hydroxyl groups is 1. The van der Waals surface area contributed by atoms with Crippen LogP contribution >= 0.6 is 23.5 Å². The molecule has 1 aromatic heterocycles. The van der Waals surface area contributed by atoms with Crippen LogP contribution in [-0.2, 0) is 18.7 Å². The molecule has 4 aromatic rings. The molecule has 2 N–H and O–H groups in total. The first-order valence-corrected chi connectivity index (χ1v) is 15.6. The summed E-state index contributed by atoms with van der Waals surface area (Å²) in [6, 6.07) is 24.1. The van der Waals surface area contributed by atoms with Crippen molar-refractivity contribution < 1.29 is 14.4 Å². The standard InChI is InChI=1S/C31H35N3O4S2/c1-31(2,16-22-9-11-24-6-3-4-7-25(24)14-22)32-17-29(35)28-20-39-21-33(28)18-23-10-12-30(27(15-23)34(36)37)40-19-26-8-5-13-38-26/h3-15,28-29,32,35H,16-21H2,1-2H3. The first-order chi connectivity index (χ1) is 19.3. The molecule has 2 heterocycles. The predicted molar refractivity (Wildman–Crippen MR) is 164 cm³/mol. The number of nitrogens with one attached hydrogen (secondary N) is 1. The van der Waals surface area contributed by atoms with Crippen LogP contribution < -0.4 is 5.32 Å². The van der Waals surface area contributed by atoms with Gasteiger partial charge in [0.15, 0.2) is 0 Å². The van der Waals surface area contributed by atoms with E-state index in [1.165, 1.54) is 28.1 Å². The summed E-state index contributed by atoms with van der Waals surface area (Å²) in [7, 11) is 0. The molecule has 9 heteroatoms. The monoisotopic (exact) mass is 577 g/mol. The SMILES string of the molecule is CC(C)(Cc1ccc2ccccc2c1)NCC(O)C1CSCN1Cc1ccc(SCc2ccco2)c([N+](=O)[O-])c1. The second-order valence-corrected chi connectivity index (χ2v) is 12.9. The Balaban J connectivity index is 1.18. The first-order valence-electron chi connectivity index (χ1n) is 13.4. The van der Waals surface area contributed by atoms with Gasteiger partial charge in [-0.3, -0.25) is 15.0 Å². The number of rotatable bonds is 12. The molecular weight excluding hydrogens is 542 g/mol. The van der Waals surface area contributed by atoms with Crippen molar-refractivity contribution in [3.63, 3.8) is 0 Å². The number of hydrogen-bond donors (Lipinski definition) is 2. The number of furan rings is 1. The first kappa shape index (κ1) is 28.7. The smallest absolute Gasteiger partial charge is 0.283 e. The second-order valence-electron chi connectivity index (χ2n) is 10.9. The van der Waals surface area contributed by atoms with Gasteiger partial charge in [0, 0.05) is 42.4 Å². The summed E-state index contributed by atoms with van der Waals surface area (Å²) >= 11 is 3.18. The van der Waals surface area contributed by atoms with Gasteiger partial charge in [-0.25, -0.2) is 0 Å². The zero-order valence-corrected chi connectivity index (χ0v) is 24.4. The summed E-state index contributed by atoms with van der Waals surface area (Å²) < 4.78 is 5.36. The van der Waals surface area contributed by atoms with Gasteiger partial charge in [-0.05, 0) is 60.4 Å². The second kappa shape index (κ2) is 12.8. The zero-order chi connectivity index (χ0) is 28.1. The highest BCUT2D eigenvalue weighted by atomic mass is 32.2. The summed E-state index contributed by atoms with van der Waals surface area (Å²) in [6.45, 7) is 5.37. The molecule has 0 amide bonds. The Morgan fingerprint density at radius 3 is 2.70 bits per heavy atom. The van der Waals surface area contributed by atoms with E-state index in [1.807, 2.05) is 24.3 Å². The van der Waals surface area contributed by atoms with Gasteiger partial charge >= 0.3 is 0 Å². The largest absolute Gasteiger partial charge is 0.468 e. The molecule has 1 aliphatic rings. The van der Waals surface area contributed by atoms with Crippen LogP contribution in [0.25, 0.3) is 10.8 Å². The van der Waals surface area contributed by atoms with Gasteiger partial charge in [-0.1, -0.05) is 48.5 Å². The summed E-state index contributed by atoms with van der Waals surface area (Å²) in [5.74, 6) is 2.93. The van der Waals surface area contributed by atoms with E-state index in [4.69, 9.17) is 4.42 Å². The van der Waals surface area contributed by atoms with Gasteiger partial charge in [-0.2, -0.15) is 0 Å². The summed E-state index contributed by atoms with van der Waals surface area (Å²) in [6.07, 6.45) is 1.90. The quantitative estimate of drug-likeness (QED) is 0.112. The number of fused-ring (bicyclic) bond motifs is 1. The van der Waals surface area contributed by atoms with Crippen LogP contribution in [0, 0.1) is 10.1 Å². The number of aliphatic hydroxyl groups excluding tert-OH is 1. The highest BCUT2D eigenvalue weighted by Crippen LogP contribution is 2.34. The molecule has 0 bridgehead atoms. The van der Waals surface area contributed by atoms with E-state index in [0.29, 0.717) is 23.7 Å². The lowest BCUT2D eigenvalue weighted by atomic mass is 9.93. The average molecular weight is 578 g/mol. The molecule has 1 aliphatic heterocycles. The number of nitrogens with zero attached hydrogens (tertiary/aromatic N) is 2. The Morgan fingerprint density at radius 2 is 1.93 bits per heavy atom. The molecule has 210 valence electrons. The lowest BCUT2D eigenvalue weighted by Crippen LogP contribution is -2.50. The molecule has 0 saturated carbocycles. The number of β-amino-alcohol motifs (C(OH)–C–C–N with tert-alkyl or cyclic N) is 1. The molecule has 0 aliphatic carbocycles. The molecule has 0 spiro atoms. The maximum absolute atomic E-state index is 11.8. The Hall–Kier alpha value is -2.82. The molecular formula is C31H35N3O4S2. The van der Waals surface area contributed by atoms with Crippen molar-refractivity contribution in [2.75, 3.05) is 18.2 Å². The fraction of sp³-hybridized carbons (Fsp3) is 0.355. The van der Waals surface area contributed by atoms with Gasteiger partial charge in [0.2, 0.25) is 0 Å². The molecule has 0 radical (unpaired) electrons. The third kappa shape index (κ3) is 7.27. The van der Waals surface area contributed by atoms with Crippen LogP contribution in [0.1, 0.15) is 30.7 Å². The Kier molecular flexibility index (Phi) is 9.17. The fourth-order valence-electron chi connectivity index (χ4n) is 5.15. The van der Waals surface area contributed by atoms with Crippen LogP contribution in [0.5, 0.6) is 0 Å². The van der Waals surface area contributed by atoms with Crippen LogP contribution in [0.4, 0.5) is 5.69 Å². The van der Waals surface area contributed by atoms with Crippen molar-refractivity contribution in [2.24, 2.45) is 0 Å². The lowest BCUT2D eigenvalue weighted by Gasteiger charge is -2.32.